The third-order valence-corrected chi connectivity index (χ3v) is 14.5. The molecule has 418 valence electrons. The van der Waals surface area contributed by atoms with Gasteiger partial charge in [0.2, 0.25) is 0 Å². The van der Waals surface area contributed by atoms with Crippen LogP contribution in [0.5, 0.6) is 0 Å². The molecule has 71 heavy (non-hydrogen) atoms. The highest BCUT2D eigenvalue weighted by Crippen LogP contribution is 2.18. The number of carbonyl (C=O) groups excluding carboxylic acids is 3. The van der Waals surface area contributed by atoms with E-state index in [2.05, 4.69) is 45.1 Å². The van der Waals surface area contributed by atoms with Gasteiger partial charge in [-0.2, -0.15) is 0 Å². The molecular weight excluding hydrogens is 877 g/mol. The van der Waals surface area contributed by atoms with Gasteiger partial charge in [0.15, 0.2) is 6.10 Å². The zero-order valence-corrected chi connectivity index (χ0v) is 48.0. The fourth-order valence-electron chi connectivity index (χ4n) is 9.65. The fraction of sp³-hybridized carbons (Fsp3) is 0.892. The van der Waals surface area contributed by atoms with Crippen molar-refractivity contribution in [3.8, 4) is 0 Å². The minimum absolute atomic E-state index is 0.0696. The van der Waals surface area contributed by atoms with Crippen LogP contribution in [0.15, 0.2) is 24.3 Å². The van der Waals surface area contributed by atoms with Gasteiger partial charge in [-0.15, -0.1) is 0 Å². The molecule has 1 atom stereocenters. The van der Waals surface area contributed by atoms with Gasteiger partial charge in [-0.1, -0.05) is 308 Å². The van der Waals surface area contributed by atoms with Gasteiger partial charge in [0.05, 0.1) is 0 Å². The summed E-state index contributed by atoms with van der Waals surface area (Å²) in [6.07, 6.45) is 71.8. The molecule has 0 saturated heterocycles. The molecule has 0 aromatic heterocycles. The molecule has 0 aliphatic heterocycles. The molecule has 0 amide bonds. The van der Waals surface area contributed by atoms with Crippen LogP contribution in [0.25, 0.3) is 0 Å². The first kappa shape index (κ1) is 68.9. The van der Waals surface area contributed by atoms with Gasteiger partial charge < -0.3 is 14.2 Å². The minimum atomic E-state index is -0.773. The Morgan fingerprint density at radius 2 is 0.507 bits per heavy atom. The summed E-state index contributed by atoms with van der Waals surface area (Å²) in [7, 11) is 0. The van der Waals surface area contributed by atoms with Crippen LogP contribution in [0.4, 0.5) is 0 Å². The predicted octanol–water partition coefficient (Wildman–Crippen LogP) is 21.4. The molecule has 6 heteroatoms. The van der Waals surface area contributed by atoms with Crippen molar-refractivity contribution in [2.24, 2.45) is 0 Å². The largest absolute Gasteiger partial charge is 0.462 e. The Kier molecular flexibility index (Phi) is 58.6. The minimum Gasteiger partial charge on any atom is -0.462 e. The van der Waals surface area contributed by atoms with E-state index >= 15 is 0 Å². The van der Waals surface area contributed by atoms with Crippen LogP contribution in [0.3, 0.4) is 0 Å². The lowest BCUT2D eigenvalue weighted by molar-refractivity contribution is -0.167. The molecule has 0 bridgehead atoms. The van der Waals surface area contributed by atoms with Crippen molar-refractivity contribution in [2.45, 2.75) is 361 Å². The van der Waals surface area contributed by atoms with Crippen LogP contribution in [-0.2, 0) is 28.6 Å². The van der Waals surface area contributed by atoms with E-state index in [0.717, 1.165) is 77.0 Å². The highest BCUT2D eigenvalue weighted by Gasteiger charge is 2.19. The Labute approximate surface area is 443 Å². The maximum atomic E-state index is 12.9. The maximum Gasteiger partial charge on any atom is 0.306 e. The molecule has 0 aliphatic carbocycles. The standard InChI is InChI=1S/C65H122O6/c1-4-7-10-13-16-19-22-25-28-30-32-34-37-40-43-46-49-52-55-58-64(67)70-61-62(60-69-63(66)57-54-51-48-45-42-39-36-27-24-21-18-15-12-9-6-3)71-65(68)59-56-53-50-47-44-41-38-35-33-31-29-26-23-20-17-14-11-8-5-2/h18,21,27,36,62H,4-17,19-20,22-26,28-35,37-61H2,1-3H3/b21-18-,36-27-/t62-/m1/s1. The molecule has 0 unspecified atom stereocenters. The Hall–Kier alpha value is -2.11. The number of carbonyl (C=O) groups is 3. The summed E-state index contributed by atoms with van der Waals surface area (Å²) >= 11 is 0. The van der Waals surface area contributed by atoms with Crippen molar-refractivity contribution in [1.82, 2.24) is 0 Å². The lowest BCUT2D eigenvalue weighted by Gasteiger charge is -2.18. The van der Waals surface area contributed by atoms with Crippen LogP contribution in [0, 0.1) is 0 Å². The average Bonchev–Trinajstić information content (AvgIpc) is 3.37. The van der Waals surface area contributed by atoms with Crippen molar-refractivity contribution < 1.29 is 28.6 Å². The van der Waals surface area contributed by atoms with Crippen LogP contribution in [-0.4, -0.2) is 37.2 Å². The summed E-state index contributed by atoms with van der Waals surface area (Å²) in [6.45, 7) is 6.67. The van der Waals surface area contributed by atoms with Gasteiger partial charge in [-0.25, -0.2) is 0 Å². The van der Waals surface area contributed by atoms with E-state index < -0.39 is 6.10 Å². The Balaban J connectivity index is 4.31. The van der Waals surface area contributed by atoms with E-state index in [9.17, 15) is 14.4 Å². The highest BCUT2D eigenvalue weighted by molar-refractivity contribution is 5.71. The smallest absolute Gasteiger partial charge is 0.306 e. The number of hydrogen-bond acceptors (Lipinski definition) is 6. The summed E-state index contributed by atoms with van der Waals surface area (Å²) in [5.74, 6) is -0.856. The zero-order chi connectivity index (χ0) is 51.4. The lowest BCUT2D eigenvalue weighted by Crippen LogP contribution is -2.30. The van der Waals surface area contributed by atoms with E-state index in [4.69, 9.17) is 14.2 Å². The normalized spacial score (nSPS) is 12.1. The summed E-state index contributed by atoms with van der Waals surface area (Å²) in [5.41, 5.74) is 0. The number of rotatable bonds is 59. The molecule has 0 N–H and O–H groups in total. The first-order chi connectivity index (χ1) is 35.0. The van der Waals surface area contributed by atoms with Crippen LogP contribution < -0.4 is 0 Å². The number of ether oxygens (including phenoxy) is 3. The molecule has 0 fully saturated rings. The topological polar surface area (TPSA) is 78.9 Å². The van der Waals surface area contributed by atoms with E-state index in [1.807, 2.05) is 0 Å². The van der Waals surface area contributed by atoms with E-state index in [0.29, 0.717) is 19.3 Å². The average molecular weight is 1000 g/mol. The molecule has 0 rings (SSSR count). The third-order valence-electron chi connectivity index (χ3n) is 14.5. The Bertz CT molecular complexity index is 1150. The Morgan fingerprint density at radius 1 is 0.282 bits per heavy atom. The van der Waals surface area contributed by atoms with Gasteiger partial charge in [0, 0.05) is 19.3 Å². The summed E-state index contributed by atoms with van der Waals surface area (Å²) < 4.78 is 16.9. The molecular formula is C65H122O6. The summed E-state index contributed by atoms with van der Waals surface area (Å²) in [6, 6.07) is 0. The Morgan fingerprint density at radius 3 is 0.803 bits per heavy atom. The maximum absolute atomic E-state index is 12.9. The number of allylic oxidation sites excluding steroid dienone is 4. The predicted molar refractivity (Wildman–Crippen MR) is 307 cm³/mol. The zero-order valence-electron chi connectivity index (χ0n) is 48.0. The first-order valence-corrected chi connectivity index (χ1v) is 31.8. The van der Waals surface area contributed by atoms with Crippen molar-refractivity contribution in [3.05, 3.63) is 24.3 Å². The molecule has 0 spiro atoms. The molecule has 0 heterocycles. The first-order valence-electron chi connectivity index (χ1n) is 31.8. The molecule has 0 aromatic carbocycles. The van der Waals surface area contributed by atoms with Crippen molar-refractivity contribution in [1.29, 1.82) is 0 Å². The van der Waals surface area contributed by atoms with Gasteiger partial charge >= 0.3 is 17.9 Å². The second-order valence-electron chi connectivity index (χ2n) is 21.7. The summed E-state index contributed by atoms with van der Waals surface area (Å²) in [5, 5.41) is 0. The monoisotopic (exact) mass is 999 g/mol. The van der Waals surface area contributed by atoms with Crippen molar-refractivity contribution in [3.63, 3.8) is 0 Å². The van der Waals surface area contributed by atoms with Crippen molar-refractivity contribution in [2.75, 3.05) is 13.2 Å². The van der Waals surface area contributed by atoms with E-state index in [-0.39, 0.29) is 31.1 Å². The molecule has 0 aliphatic rings. The molecule has 0 radical (unpaired) electrons. The quantitative estimate of drug-likeness (QED) is 0.0261. The van der Waals surface area contributed by atoms with Crippen LogP contribution >= 0.6 is 0 Å². The molecule has 0 saturated carbocycles. The van der Waals surface area contributed by atoms with Gasteiger partial charge in [-0.3, -0.25) is 14.4 Å². The van der Waals surface area contributed by atoms with Gasteiger partial charge in [0.25, 0.3) is 0 Å². The molecule has 6 nitrogen and oxygen atoms in total. The number of unbranched alkanes of at least 4 members (excludes halogenated alkanes) is 44. The van der Waals surface area contributed by atoms with Crippen LogP contribution in [0.1, 0.15) is 355 Å². The van der Waals surface area contributed by atoms with Gasteiger partial charge in [0.1, 0.15) is 13.2 Å². The fourth-order valence-corrected chi connectivity index (χ4v) is 9.65. The number of esters is 3. The highest BCUT2D eigenvalue weighted by atomic mass is 16.6. The van der Waals surface area contributed by atoms with E-state index in [1.54, 1.807) is 0 Å². The second kappa shape index (κ2) is 60.4. The van der Waals surface area contributed by atoms with Crippen LogP contribution in [0.2, 0.25) is 0 Å². The lowest BCUT2D eigenvalue weighted by atomic mass is 10.0. The SMILES string of the molecule is CCCCC/C=C\C/C=C\CCCCCCCC(=O)OC[C@H](COC(=O)CCCCCCCCCCCCCCCCCCCCC)OC(=O)CCCCCCCCCCCCCCCCCCCCC. The number of hydrogen-bond donors (Lipinski definition) is 0. The summed E-state index contributed by atoms with van der Waals surface area (Å²) in [4.78, 5) is 38.3. The van der Waals surface area contributed by atoms with Gasteiger partial charge in [-0.05, 0) is 51.4 Å². The van der Waals surface area contributed by atoms with Crippen molar-refractivity contribution >= 4 is 17.9 Å². The van der Waals surface area contributed by atoms with E-state index in [1.165, 1.54) is 238 Å². The third kappa shape index (κ3) is 58.7. The molecule has 0 aromatic rings. The second-order valence-corrected chi connectivity index (χ2v) is 21.7.